The smallest absolute Gasteiger partial charge is 0.0190 e. The first kappa shape index (κ1) is 17.7. The maximum Gasteiger partial charge on any atom is 0.0190 e. The van der Waals surface area contributed by atoms with Gasteiger partial charge in [0.2, 0.25) is 0 Å². The third kappa shape index (κ3) is 8.76. The lowest BCUT2D eigenvalue weighted by Crippen LogP contribution is -2.36. The van der Waals surface area contributed by atoms with Crippen LogP contribution in [0.1, 0.15) is 84.0 Å². The monoisotopic (exact) mass is 280 g/mol. The SMILES string of the molecule is CCCCCCCCCC(CN)NCCC1=CCCC1. The van der Waals surface area contributed by atoms with Gasteiger partial charge in [0.25, 0.3) is 0 Å². The molecule has 2 heteroatoms. The Labute approximate surface area is 126 Å². The molecule has 0 radical (unpaired) electrons. The van der Waals surface area contributed by atoms with Crippen molar-refractivity contribution in [1.29, 1.82) is 0 Å². The van der Waals surface area contributed by atoms with Crippen LogP contribution in [0.4, 0.5) is 0 Å². The van der Waals surface area contributed by atoms with Gasteiger partial charge in [-0.15, -0.1) is 0 Å². The van der Waals surface area contributed by atoms with E-state index in [9.17, 15) is 0 Å². The van der Waals surface area contributed by atoms with E-state index in [2.05, 4.69) is 18.3 Å². The summed E-state index contributed by atoms with van der Waals surface area (Å²) in [6.07, 6.45) is 18.6. The maximum absolute atomic E-state index is 5.87. The first-order valence-corrected chi connectivity index (χ1v) is 8.98. The molecule has 0 fully saturated rings. The number of allylic oxidation sites excluding steroid dienone is 1. The van der Waals surface area contributed by atoms with E-state index in [-0.39, 0.29) is 0 Å². The average molecular weight is 281 g/mol. The molecule has 0 spiro atoms. The second kappa shape index (κ2) is 12.4. The fourth-order valence-corrected chi connectivity index (χ4v) is 3.05. The summed E-state index contributed by atoms with van der Waals surface area (Å²) in [5.41, 5.74) is 7.53. The summed E-state index contributed by atoms with van der Waals surface area (Å²) in [6, 6.07) is 0.535. The van der Waals surface area contributed by atoms with Gasteiger partial charge in [-0.3, -0.25) is 0 Å². The summed E-state index contributed by atoms with van der Waals surface area (Å²) < 4.78 is 0. The summed E-state index contributed by atoms with van der Waals surface area (Å²) in [5, 5.41) is 3.64. The van der Waals surface area contributed by atoms with Crippen molar-refractivity contribution in [2.75, 3.05) is 13.1 Å². The highest BCUT2D eigenvalue weighted by Gasteiger charge is 2.07. The first-order chi connectivity index (χ1) is 9.86. The van der Waals surface area contributed by atoms with E-state index >= 15 is 0 Å². The fourth-order valence-electron chi connectivity index (χ4n) is 3.05. The van der Waals surface area contributed by atoms with Crippen LogP contribution in [0.15, 0.2) is 11.6 Å². The van der Waals surface area contributed by atoms with Crippen molar-refractivity contribution in [2.24, 2.45) is 5.73 Å². The van der Waals surface area contributed by atoms with Gasteiger partial charge in [0.1, 0.15) is 0 Å². The zero-order valence-corrected chi connectivity index (χ0v) is 13.6. The molecule has 3 N–H and O–H groups in total. The minimum absolute atomic E-state index is 0.535. The molecule has 0 saturated heterocycles. The molecule has 0 saturated carbocycles. The minimum Gasteiger partial charge on any atom is -0.329 e. The van der Waals surface area contributed by atoms with E-state index in [1.807, 2.05) is 0 Å². The molecule has 0 aromatic rings. The highest BCUT2D eigenvalue weighted by atomic mass is 14.9. The predicted molar refractivity (Wildman–Crippen MR) is 90.0 cm³/mol. The van der Waals surface area contributed by atoms with E-state index < -0.39 is 0 Å². The van der Waals surface area contributed by atoms with Crippen LogP contribution >= 0.6 is 0 Å². The number of nitrogens with one attached hydrogen (secondary N) is 1. The van der Waals surface area contributed by atoms with Crippen LogP contribution in [0.25, 0.3) is 0 Å². The molecule has 1 aliphatic carbocycles. The Morgan fingerprint density at radius 1 is 1.15 bits per heavy atom. The topological polar surface area (TPSA) is 38.0 Å². The Hall–Kier alpha value is -0.340. The van der Waals surface area contributed by atoms with Gasteiger partial charge in [0.15, 0.2) is 0 Å². The molecule has 1 rings (SSSR count). The molecule has 0 aromatic carbocycles. The van der Waals surface area contributed by atoms with Gasteiger partial charge < -0.3 is 11.1 Å². The van der Waals surface area contributed by atoms with Crippen molar-refractivity contribution in [2.45, 2.75) is 90.0 Å². The highest BCUT2D eigenvalue weighted by molar-refractivity contribution is 5.07. The van der Waals surface area contributed by atoms with Crippen molar-refractivity contribution < 1.29 is 0 Å². The number of hydrogen-bond donors (Lipinski definition) is 2. The molecule has 1 unspecified atom stereocenters. The van der Waals surface area contributed by atoms with Crippen LogP contribution in [0.3, 0.4) is 0 Å². The Morgan fingerprint density at radius 2 is 1.90 bits per heavy atom. The molecule has 0 aliphatic heterocycles. The lowest BCUT2D eigenvalue weighted by atomic mass is 10.0. The van der Waals surface area contributed by atoms with Crippen LogP contribution in [0.2, 0.25) is 0 Å². The summed E-state index contributed by atoms with van der Waals surface area (Å²) in [4.78, 5) is 0. The molecular weight excluding hydrogens is 244 g/mol. The summed E-state index contributed by atoms with van der Waals surface area (Å²) in [5.74, 6) is 0. The number of hydrogen-bond acceptors (Lipinski definition) is 2. The number of unbranched alkanes of at least 4 members (excludes halogenated alkanes) is 6. The molecule has 118 valence electrons. The zero-order chi connectivity index (χ0) is 14.5. The molecule has 1 aliphatic rings. The highest BCUT2D eigenvalue weighted by Crippen LogP contribution is 2.19. The molecular formula is C18H36N2. The molecule has 0 bridgehead atoms. The summed E-state index contributed by atoms with van der Waals surface area (Å²) in [7, 11) is 0. The van der Waals surface area contributed by atoms with Gasteiger partial charge in [-0.1, -0.05) is 63.5 Å². The Balaban J connectivity index is 1.93. The van der Waals surface area contributed by atoms with E-state index in [1.165, 1.54) is 77.0 Å². The summed E-state index contributed by atoms with van der Waals surface area (Å²) in [6.45, 7) is 4.18. The Morgan fingerprint density at radius 3 is 2.55 bits per heavy atom. The third-order valence-corrected chi connectivity index (χ3v) is 4.45. The first-order valence-electron chi connectivity index (χ1n) is 8.98. The van der Waals surface area contributed by atoms with Crippen LogP contribution in [-0.2, 0) is 0 Å². The molecule has 2 nitrogen and oxygen atoms in total. The summed E-state index contributed by atoms with van der Waals surface area (Å²) >= 11 is 0. The van der Waals surface area contributed by atoms with Gasteiger partial charge in [0.05, 0.1) is 0 Å². The fraction of sp³-hybridized carbons (Fsp3) is 0.889. The van der Waals surface area contributed by atoms with Gasteiger partial charge in [-0.2, -0.15) is 0 Å². The van der Waals surface area contributed by atoms with Crippen molar-refractivity contribution in [1.82, 2.24) is 5.32 Å². The number of nitrogens with two attached hydrogens (primary N) is 1. The van der Waals surface area contributed by atoms with E-state index in [0.29, 0.717) is 6.04 Å². The number of rotatable bonds is 13. The Kier molecular flexibility index (Phi) is 11.0. The lowest BCUT2D eigenvalue weighted by molar-refractivity contribution is 0.459. The quantitative estimate of drug-likeness (QED) is 0.384. The Bertz CT molecular complexity index is 248. The molecule has 1 atom stereocenters. The average Bonchev–Trinajstić information content (AvgIpc) is 2.97. The van der Waals surface area contributed by atoms with Crippen molar-refractivity contribution in [3.8, 4) is 0 Å². The van der Waals surface area contributed by atoms with E-state index in [0.717, 1.165) is 13.1 Å². The van der Waals surface area contributed by atoms with Crippen molar-refractivity contribution >= 4 is 0 Å². The van der Waals surface area contributed by atoms with Crippen molar-refractivity contribution in [3.05, 3.63) is 11.6 Å². The normalized spacial score (nSPS) is 16.4. The van der Waals surface area contributed by atoms with Gasteiger partial charge in [-0.25, -0.2) is 0 Å². The molecule has 0 amide bonds. The largest absolute Gasteiger partial charge is 0.329 e. The second-order valence-corrected chi connectivity index (χ2v) is 6.30. The van der Waals surface area contributed by atoms with E-state index in [1.54, 1.807) is 5.57 Å². The van der Waals surface area contributed by atoms with Gasteiger partial charge in [-0.05, 0) is 38.6 Å². The molecule has 0 aromatic heterocycles. The van der Waals surface area contributed by atoms with Crippen molar-refractivity contribution in [3.63, 3.8) is 0 Å². The van der Waals surface area contributed by atoms with Crippen LogP contribution in [0.5, 0.6) is 0 Å². The van der Waals surface area contributed by atoms with Crippen LogP contribution in [0, 0.1) is 0 Å². The third-order valence-electron chi connectivity index (χ3n) is 4.45. The minimum atomic E-state index is 0.535. The van der Waals surface area contributed by atoms with Crippen LogP contribution in [-0.4, -0.2) is 19.1 Å². The van der Waals surface area contributed by atoms with Gasteiger partial charge in [0, 0.05) is 12.6 Å². The van der Waals surface area contributed by atoms with Gasteiger partial charge >= 0.3 is 0 Å². The molecule has 20 heavy (non-hydrogen) atoms. The second-order valence-electron chi connectivity index (χ2n) is 6.30. The standard InChI is InChI=1S/C18H36N2/c1-2-3-4-5-6-7-8-13-18(16-19)20-15-14-17-11-9-10-12-17/h11,18,20H,2-10,12-16,19H2,1H3. The lowest BCUT2D eigenvalue weighted by Gasteiger charge is -2.17. The maximum atomic E-state index is 5.87. The van der Waals surface area contributed by atoms with Crippen LogP contribution < -0.4 is 11.1 Å². The zero-order valence-electron chi connectivity index (χ0n) is 13.6. The predicted octanol–water partition coefficient (Wildman–Crippen LogP) is 4.54. The molecule has 0 heterocycles. The van der Waals surface area contributed by atoms with E-state index in [4.69, 9.17) is 5.73 Å².